The van der Waals surface area contributed by atoms with Crippen molar-refractivity contribution in [2.45, 2.75) is 53.4 Å². The number of aromatic amines is 2. The fraction of sp³-hybridized carbons (Fsp3) is 0.250. The molecule has 0 spiro atoms. The minimum absolute atomic E-state index is 0.00357. The second kappa shape index (κ2) is 9.14. The van der Waals surface area contributed by atoms with Gasteiger partial charge in [-0.15, -0.1) is 0 Å². The third-order valence-corrected chi connectivity index (χ3v) is 7.14. The molecule has 0 saturated carbocycles. The second-order valence-electron chi connectivity index (χ2n) is 9.98. The number of furan rings is 1. The number of benzene rings is 2. The van der Waals surface area contributed by atoms with Crippen molar-refractivity contribution in [2.24, 2.45) is 0 Å². The molecule has 35 heavy (non-hydrogen) atoms. The lowest BCUT2D eigenvalue weighted by atomic mass is 9.85. The lowest BCUT2D eigenvalue weighted by molar-refractivity contribution is 0.451. The summed E-state index contributed by atoms with van der Waals surface area (Å²) < 4.78 is 6.80. The maximum absolute atomic E-state index is 6.80. The van der Waals surface area contributed by atoms with Crippen LogP contribution in [0.2, 0.25) is 0 Å². The van der Waals surface area contributed by atoms with Crippen LogP contribution in [-0.2, 0) is 0 Å². The largest absolute Gasteiger partial charge is 0.464 e. The van der Waals surface area contributed by atoms with Crippen LogP contribution in [-0.4, -0.2) is 9.97 Å². The summed E-state index contributed by atoms with van der Waals surface area (Å²) in [5.41, 5.74) is 12.6. The third kappa shape index (κ3) is 4.27. The lowest BCUT2D eigenvalue weighted by Crippen LogP contribution is -2.09. The average molecular weight is 463 g/mol. The molecule has 0 amide bonds. The molecular formula is C32H34N2O. The van der Waals surface area contributed by atoms with Crippen LogP contribution in [0, 0.1) is 41.5 Å². The first-order chi connectivity index (χ1) is 16.8. The van der Waals surface area contributed by atoms with Crippen molar-refractivity contribution in [1.29, 1.82) is 0 Å². The van der Waals surface area contributed by atoms with Gasteiger partial charge in [0, 0.05) is 23.8 Å². The first-order valence-corrected chi connectivity index (χ1v) is 12.3. The summed E-state index contributed by atoms with van der Waals surface area (Å²) in [5.74, 6) is 1.92. The van der Waals surface area contributed by atoms with Crippen LogP contribution >= 0.6 is 0 Å². The summed E-state index contributed by atoms with van der Waals surface area (Å²) in [6.07, 6.45) is 3.98. The molecule has 178 valence electrons. The molecule has 0 aliphatic rings. The van der Waals surface area contributed by atoms with Gasteiger partial charge in [0.2, 0.25) is 0 Å². The van der Waals surface area contributed by atoms with Gasteiger partial charge in [0.25, 0.3) is 0 Å². The lowest BCUT2D eigenvalue weighted by Gasteiger charge is -2.22. The van der Waals surface area contributed by atoms with Gasteiger partial charge in [-0.2, -0.15) is 0 Å². The second-order valence-corrected chi connectivity index (χ2v) is 9.98. The normalized spacial score (nSPS) is 13.2. The summed E-state index contributed by atoms with van der Waals surface area (Å²) in [6, 6.07) is 21.8. The predicted molar refractivity (Wildman–Crippen MR) is 143 cm³/mol. The van der Waals surface area contributed by atoms with Crippen molar-refractivity contribution in [2.75, 3.05) is 0 Å². The summed E-state index contributed by atoms with van der Waals surface area (Å²) in [4.78, 5) is 6.92. The highest BCUT2D eigenvalue weighted by Crippen LogP contribution is 2.41. The zero-order valence-corrected chi connectivity index (χ0v) is 21.5. The number of aromatic nitrogens is 2. The molecule has 0 aliphatic carbocycles. The minimum atomic E-state index is 0.00357. The van der Waals surface area contributed by atoms with E-state index in [9.17, 15) is 0 Å². The van der Waals surface area contributed by atoms with Crippen molar-refractivity contribution < 1.29 is 4.42 Å². The molecule has 5 rings (SSSR count). The molecule has 0 saturated heterocycles. The van der Waals surface area contributed by atoms with Crippen molar-refractivity contribution in [3.05, 3.63) is 140 Å². The zero-order chi connectivity index (χ0) is 24.7. The van der Waals surface area contributed by atoms with Gasteiger partial charge in [-0.05, 0) is 111 Å². The maximum atomic E-state index is 6.80. The molecule has 2 N–H and O–H groups in total. The molecule has 2 unspecified atom stereocenters. The van der Waals surface area contributed by atoms with E-state index < -0.39 is 0 Å². The van der Waals surface area contributed by atoms with E-state index in [1.807, 2.05) is 12.4 Å². The molecule has 3 heteroatoms. The number of hydrogen-bond acceptors (Lipinski definition) is 1. The fourth-order valence-electron chi connectivity index (χ4n) is 5.92. The van der Waals surface area contributed by atoms with Crippen LogP contribution in [0.1, 0.15) is 79.3 Å². The number of nitrogens with one attached hydrogen (secondary N) is 2. The number of hydrogen-bond donors (Lipinski definition) is 2. The molecule has 0 aliphatic heterocycles. The molecule has 0 radical (unpaired) electrons. The molecule has 3 heterocycles. The Bertz CT molecular complexity index is 1300. The first-order valence-electron chi connectivity index (χ1n) is 12.3. The Kier molecular flexibility index (Phi) is 6.02. The van der Waals surface area contributed by atoms with Gasteiger partial charge in [0.1, 0.15) is 11.5 Å². The van der Waals surface area contributed by atoms with E-state index in [-0.39, 0.29) is 11.8 Å². The van der Waals surface area contributed by atoms with E-state index in [2.05, 4.69) is 112 Å². The van der Waals surface area contributed by atoms with Gasteiger partial charge in [0.15, 0.2) is 0 Å². The Morgan fingerprint density at radius 1 is 0.543 bits per heavy atom. The van der Waals surface area contributed by atoms with Gasteiger partial charge in [-0.25, -0.2) is 0 Å². The number of H-pyrrole nitrogens is 2. The SMILES string of the molecule is Cc1cc(C)c(C(c2ccc[nH]2)c2ccc(C(c3ccc[nH]3)c3c(C)cc(C)cc3C)o2)c(C)c1. The van der Waals surface area contributed by atoms with Crippen LogP contribution in [0.4, 0.5) is 0 Å². The van der Waals surface area contributed by atoms with Crippen molar-refractivity contribution in [3.63, 3.8) is 0 Å². The highest BCUT2D eigenvalue weighted by molar-refractivity contribution is 5.50. The maximum Gasteiger partial charge on any atom is 0.117 e. The first kappa shape index (κ1) is 23.0. The third-order valence-electron chi connectivity index (χ3n) is 7.14. The molecule has 0 fully saturated rings. The topological polar surface area (TPSA) is 44.7 Å². The molecule has 3 aromatic heterocycles. The fourth-order valence-corrected chi connectivity index (χ4v) is 5.92. The summed E-state index contributed by atoms with van der Waals surface area (Å²) >= 11 is 0. The molecule has 5 aromatic rings. The van der Waals surface area contributed by atoms with Gasteiger partial charge in [-0.3, -0.25) is 0 Å². The predicted octanol–water partition coefficient (Wildman–Crippen LogP) is 8.15. The Hall–Kier alpha value is -3.72. The van der Waals surface area contributed by atoms with E-state index in [1.165, 1.54) is 44.5 Å². The quantitative estimate of drug-likeness (QED) is 0.263. The molecule has 3 nitrogen and oxygen atoms in total. The number of aryl methyl sites for hydroxylation is 6. The van der Waals surface area contributed by atoms with Crippen LogP contribution < -0.4 is 0 Å². The summed E-state index contributed by atoms with van der Waals surface area (Å²) in [5, 5.41) is 0. The minimum Gasteiger partial charge on any atom is -0.464 e. The van der Waals surface area contributed by atoms with Crippen molar-refractivity contribution >= 4 is 0 Å². The summed E-state index contributed by atoms with van der Waals surface area (Å²) in [6.45, 7) is 13.1. The highest BCUT2D eigenvalue weighted by Gasteiger charge is 2.29. The summed E-state index contributed by atoms with van der Waals surface area (Å²) in [7, 11) is 0. The van der Waals surface area contributed by atoms with Gasteiger partial charge >= 0.3 is 0 Å². The van der Waals surface area contributed by atoms with Crippen LogP contribution in [0.3, 0.4) is 0 Å². The zero-order valence-electron chi connectivity index (χ0n) is 21.5. The van der Waals surface area contributed by atoms with Crippen LogP contribution in [0.15, 0.2) is 77.5 Å². The number of rotatable bonds is 6. The van der Waals surface area contributed by atoms with Crippen LogP contribution in [0.5, 0.6) is 0 Å². The highest BCUT2D eigenvalue weighted by atomic mass is 16.3. The molecule has 2 atom stereocenters. The van der Waals surface area contributed by atoms with Gasteiger partial charge < -0.3 is 14.4 Å². The Morgan fingerprint density at radius 3 is 1.23 bits per heavy atom. The van der Waals surface area contributed by atoms with Crippen LogP contribution in [0.25, 0.3) is 0 Å². The molecule has 2 aromatic carbocycles. The standard InChI is InChI=1S/C32H34N2O/c1-19-15-21(3)29(22(4)16-19)31(25-9-7-13-33-25)27-11-12-28(35-27)32(26-10-8-14-34-26)30-23(5)17-20(2)18-24(30)6/h7-18,31-34H,1-6H3. The van der Waals surface area contributed by atoms with E-state index in [0.717, 1.165) is 22.9 Å². The van der Waals surface area contributed by atoms with Gasteiger partial charge in [-0.1, -0.05) is 35.4 Å². The average Bonchev–Trinajstić information content (AvgIpc) is 3.56. The Morgan fingerprint density at radius 2 is 0.914 bits per heavy atom. The van der Waals surface area contributed by atoms with E-state index in [4.69, 9.17) is 4.42 Å². The smallest absolute Gasteiger partial charge is 0.117 e. The Balaban J connectivity index is 1.68. The van der Waals surface area contributed by atoms with E-state index in [1.54, 1.807) is 0 Å². The molecular weight excluding hydrogens is 428 g/mol. The van der Waals surface area contributed by atoms with Gasteiger partial charge in [0.05, 0.1) is 11.8 Å². The molecule has 0 bridgehead atoms. The van der Waals surface area contributed by atoms with Crippen molar-refractivity contribution in [3.8, 4) is 0 Å². The van der Waals surface area contributed by atoms with E-state index >= 15 is 0 Å². The Labute approximate surface area is 208 Å². The van der Waals surface area contributed by atoms with Crippen molar-refractivity contribution in [1.82, 2.24) is 9.97 Å². The van der Waals surface area contributed by atoms with E-state index in [0.29, 0.717) is 0 Å². The monoisotopic (exact) mass is 462 g/mol.